The van der Waals surface area contributed by atoms with E-state index in [1.54, 1.807) is 27.8 Å². The number of aryl methyl sites for hydroxylation is 2. The molecule has 39 heavy (non-hydrogen) atoms. The van der Waals surface area contributed by atoms with E-state index in [1.165, 1.54) is 52.6 Å². The number of allylic oxidation sites excluding steroid dienone is 4. The summed E-state index contributed by atoms with van der Waals surface area (Å²) in [5, 5.41) is 0. The predicted molar refractivity (Wildman–Crippen MR) is 171 cm³/mol. The van der Waals surface area contributed by atoms with Gasteiger partial charge in [-0.3, -0.25) is 0 Å². The zero-order valence-corrected chi connectivity index (χ0v) is 27.6. The standard InChI is InChI=1S/C39H54/c1-23-17-29-27(21-31(23)36(6,7)8)28-22-32(37(9,10)11)24(2)18-30(28)34(29)39(38(12,13)14)16-15-25-19-26(20-33(25)39)35(3,4)5/h17-18,20-22,34H,15-16,19H2,1-14H3. The number of benzene rings is 2. The van der Waals surface area contributed by atoms with Gasteiger partial charge in [0.1, 0.15) is 0 Å². The molecule has 0 aromatic heterocycles. The van der Waals surface area contributed by atoms with Crippen molar-refractivity contribution >= 4 is 0 Å². The van der Waals surface area contributed by atoms with Gasteiger partial charge in [-0.1, -0.05) is 125 Å². The van der Waals surface area contributed by atoms with Crippen LogP contribution in [-0.4, -0.2) is 0 Å². The number of hydrogen-bond donors (Lipinski definition) is 0. The van der Waals surface area contributed by atoms with E-state index in [1.807, 2.05) is 0 Å². The van der Waals surface area contributed by atoms with Crippen LogP contribution in [0.15, 0.2) is 47.1 Å². The molecule has 0 heterocycles. The van der Waals surface area contributed by atoms with E-state index >= 15 is 0 Å². The molecule has 1 atom stereocenters. The number of rotatable bonds is 1. The lowest BCUT2D eigenvalue weighted by Crippen LogP contribution is -2.41. The van der Waals surface area contributed by atoms with Crippen molar-refractivity contribution in [2.24, 2.45) is 16.2 Å². The first-order chi connectivity index (χ1) is 17.7. The Morgan fingerprint density at radius 1 is 0.641 bits per heavy atom. The molecule has 0 nitrogen and oxygen atoms in total. The third kappa shape index (κ3) is 4.22. The van der Waals surface area contributed by atoms with E-state index in [2.05, 4.69) is 127 Å². The quantitative estimate of drug-likeness (QED) is 0.349. The van der Waals surface area contributed by atoms with Gasteiger partial charge in [0.2, 0.25) is 0 Å². The van der Waals surface area contributed by atoms with Crippen LogP contribution in [0.25, 0.3) is 11.1 Å². The van der Waals surface area contributed by atoms with Crippen molar-refractivity contribution in [3.8, 4) is 11.1 Å². The van der Waals surface area contributed by atoms with Crippen LogP contribution in [0.3, 0.4) is 0 Å². The molecular weight excluding hydrogens is 468 g/mol. The highest BCUT2D eigenvalue weighted by atomic mass is 14.6. The topological polar surface area (TPSA) is 0 Å². The minimum atomic E-state index is 0.0840. The Bertz CT molecular complexity index is 1340. The van der Waals surface area contributed by atoms with E-state index in [-0.39, 0.29) is 27.1 Å². The molecule has 0 fully saturated rings. The van der Waals surface area contributed by atoms with Crippen LogP contribution in [0.2, 0.25) is 0 Å². The van der Waals surface area contributed by atoms with Crippen molar-refractivity contribution in [1.82, 2.24) is 0 Å². The first-order valence-electron chi connectivity index (χ1n) is 15.4. The lowest BCUT2D eigenvalue weighted by Gasteiger charge is -2.49. The smallest absolute Gasteiger partial charge is 0.0204 e. The average molecular weight is 523 g/mol. The Morgan fingerprint density at radius 3 is 1.49 bits per heavy atom. The van der Waals surface area contributed by atoms with E-state index < -0.39 is 0 Å². The Balaban J connectivity index is 1.86. The van der Waals surface area contributed by atoms with E-state index in [4.69, 9.17) is 0 Å². The Labute approximate surface area is 240 Å². The summed E-state index contributed by atoms with van der Waals surface area (Å²) < 4.78 is 0. The summed E-state index contributed by atoms with van der Waals surface area (Å²) in [6, 6.07) is 10.4. The highest BCUT2D eigenvalue weighted by molar-refractivity contribution is 5.83. The normalized spacial score (nSPS) is 21.8. The summed E-state index contributed by atoms with van der Waals surface area (Å²) in [5.74, 6) is 0.381. The molecular formula is C39H54. The van der Waals surface area contributed by atoms with Crippen molar-refractivity contribution < 1.29 is 0 Å². The van der Waals surface area contributed by atoms with Gasteiger partial charge in [0.25, 0.3) is 0 Å². The SMILES string of the molecule is Cc1cc2c(cc1C(C)(C)C)-c1cc(C(C)(C)C)c(C)cc1C2C1(C(C)(C)C)CCC2=C1C=C(C(C)(C)C)C2. The van der Waals surface area contributed by atoms with Crippen molar-refractivity contribution in [2.45, 2.75) is 133 Å². The molecule has 0 N–H and O–H groups in total. The molecule has 3 aliphatic rings. The molecule has 0 bridgehead atoms. The van der Waals surface area contributed by atoms with Crippen molar-refractivity contribution in [3.05, 3.63) is 80.4 Å². The maximum Gasteiger partial charge on any atom is 0.0204 e. The van der Waals surface area contributed by atoms with Gasteiger partial charge in [-0.15, -0.1) is 0 Å². The fraction of sp³-hybridized carbons (Fsp3) is 0.590. The molecule has 0 saturated carbocycles. The fourth-order valence-electron chi connectivity index (χ4n) is 8.52. The molecule has 2 aromatic rings. The lowest BCUT2D eigenvalue weighted by atomic mass is 9.54. The van der Waals surface area contributed by atoms with Crippen LogP contribution in [0, 0.1) is 30.1 Å². The summed E-state index contributed by atoms with van der Waals surface area (Å²) >= 11 is 0. The summed E-state index contributed by atoms with van der Waals surface area (Å²) in [6.07, 6.45) is 6.33. The van der Waals surface area contributed by atoms with E-state index in [0.29, 0.717) is 5.92 Å². The highest BCUT2D eigenvalue weighted by Gasteiger charge is 2.57. The van der Waals surface area contributed by atoms with Crippen LogP contribution in [0.5, 0.6) is 0 Å². The summed E-state index contributed by atoms with van der Waals surface area (Å²) in [5.41, 5.74) is 17.7. The molecule has 210 valence electrons. The molecule has 0 amide bonds. The molecule has 3 aliphatic carbocycles. The van der Waals surface area contributed by atoms with E-state index in [0.717, 1.165) is 0 Å². The largest absolute Gasteiger partial charge is 0.0623 e. The van der Waals surface area contributed by atoms with Crippen molar-refractivity contribution in [1.29, 1.82) is 0 Å². The van der Waals surface area contributed by atoms with Crippen LogP contribution >= 0.6 is 0 Å². The third-order valence-corrected chi connectivity index (χ3v) is 10.5. The second-order valence-corrected chi connectivity index (χ2v) is 17.3. The van der Waals surface area contributed by atoms with Gasteiger partial charge < -0.3 is 0 Å². The van der Waals surface area contributed by atoms with Crippen molar-refractivity contribution in [3.63, 3.8) is 0 Å². The Morgan fingerprint density at radius 2 is 1.10 bits per heavy atom. The minimum Gasteiger partial charge on any atom is -0.0623 e. The van der Waals surface area contributed by atoms with Gasteiger partial charge in [-0.05, 0) is 105 Å². The minimum absolute atomic E-state index is 0.0840. The Hall–Kier alpha value is -2.08. The molecule has 0 radical (unpaired) electrons. The van der Waals surface area contributed by atoms with Gasteiger partial charge >= 0.3 is 0 Å². The summed E-state index contributed by atoms with van der Waals surface area (Å²) in [7, 11) is 0. The molecule has 0 aliphatic heterocycles. The van der Waals surface area contributed by atoms with Crippen LogP contribution in [0.4, 0.5) is 0 Å². The maximum atomic E-state index is 2.66. The van der Waals surface area contributed by atoms with E-state index in [9.17, 15) is 0 Å². The molecule has 1 unspecified atom stereocenters. The van der Waals surface area contributed by atoms with Gasteiger partial charge in [0.05, 0.1) is 0 Å². The molecule has 2 aromatic carbocycles. The molecule has 5 rings (SSSR count). The Kier molecular flexibility index (Phi) is 6.18. The number of hydrogen-bond acceptors (Lipinski definition) is 0. The number of fused-ring (bicyclic) bond motifs is 3. The zero-order chi connectivity index (χ0) is 29.1. The second kappa shape index (κ2) is 8.47. The van der Waals surface area contributed by atoms with Gasteiger partial charge in [-0.2, -0.15) is 0 Å². The monoisotopic (exact) mass is 522 g/mol. The van der Waals surface area contributed by atoms with Crippen LogP contribution < -0.4 is 0 Å². The lowest BCUT2D eigenvalue weighted by molar-refractivity contribution is 0.113. The first-order valence-corrected chi connectivity index (χ1v) is 15.4. The maximum absolute atomic E-state index is 2.66. The van der Waals surface area contributed by atoms with Crippen molar-refractivity contribution in [2.75, 3.05) is 0 Å². The molecule has 0 heteroatoms. The average Bonchev–Trinajstić information content (AvgIpc) is 3.40. The summed E-state index contributed by atoms with van der Waals surface area (Å²) in [4.78, 5) is 0. The first kappa shape index (κ1) is 28.4. The van der Waals surface area contributed by atoms with Crippen LogP contribution in [0.1, 0.15) is 142 Å². The fourth-order valence-corrected chi connectivity index (χ4v) is 8.52. The van der Waals surface area contributed by atoms with Gasteiger partial charge in [0, 0.05) is 11.3 Å². The van der Waals surface area contributed by atoms with Gasteiger partial charge in [-0.25, -0.2) is 0 Å². The molecule has 0 saturated heterocycles. The summed E-state index contributed by atoms with van der Waals surface area (Å²) in [6.45, 7) is 33.7. The van der Waals surface area contributed by atoms with Gasteiger partial charge in [0.15, 0.2) is 0 Å². The third-order valence-electron chi connectivity index (χ3n) is 10.5. The molecule has 0 spiro atoms. The second-order valence-electron chi connectivity index (χ2n) is 17.3. The predicted octanol–water partition coefficient (Wildman–Crippen LogP) is 11.5. The van der Waals surface area contributed by atoms with Crippen LogP contribution in [-0.2, 0) is 10.8 Å². The zero-order valence-electron chi connectivity index (χ0n) is 27.6. The highest BCUT2D eigenvalue weighted by Crippen LogP contribution is 2.69.